The monoisotopic (exact) mass is 328 g/mol. The number of nitrogens with one attached hydrogen (secondary N) is 1. The van der Waals surface area contributed by atoms with E-state index in [1.54, 1.807) is 49.6 Å². The number of anilines is 2. The van der Waals surface area contributed by atoms with Crippen LogP contribution in [0.4, 0.5) is 11.4 Å². The number of methoxy groups -OCH3 is 1. The van der Waals surface area contributed by atoms with E-state index < -0.39 is 0 Å². The Bertz CT molecular complexity index is 682. The van der Waals surface area contributed by atoms with Crippen LogP contribution >= 0.6 is 0 Å². The summed E-state index contributed by atoms with van der Waals surface area (Å²) < 4.78 is 10.7. The fourth-order valence-electron chi connectivity index (χ4n) is 2.13. The van der Waals surface area contributed by atoms with E-state index in [1.807, 2.05) is 0 Å². The van der Waals surface area contributed by atoms with Gasteiger partial charge in [-0.3, -0.25) is 4.79 Å². The zero-order valence-electron chi connectivity index (χ0n) is 14.3. The fraction of sp³-hybridized carbons (Fsp3) is 0.316. The lowest BCUT2D eigenvalue weighted by Gasteiger charge is -2.10. The largest absolute Gasteiger partial charge is 0.495 e. The number of carbonyl (C=O) groups excluding carboxylic acids is 1. The summed E-state index contributed by atoms with van der Waals surface area (Å²) in [6.07, 6.45) is 1.00. The van der Waals surface area contributed by atoms with Gasteiger partial charge in [-0.25, -0.2) is 0 Å². The molecule has 0 fully saturated rings. The van der Waals surface area contributed by atoms with E-state index in [0.717, 1.165) is 12.2 Å². The van der Waals surface area contributed by atoms with Crippen molar-refractivity contribution < 1.29 is 14.3 Å². The Hall–Kier alpha value is -2.69. The molecular formula is C19H24N2O3. The van der Waals surface area contributed by atoms with Gasteiger partial charge < -0.3 is 20.5 Å². The number of hydrogen-bond acceptors (Lipinski definition) is 4. The number of ether oxygens (including phenoxy) is 2. The van der Waals surface area contributed by atoms with Crippen molar-refractivity contribution in [1.29, 1.82) is 0 Å². The maximum atomic E-state index is 12.3. The first-order chi connectivity index (χ1) is 11.5. The van der Waals surface area contributed by atoms with Crippen LogP contribution in [0.2, 0.25) is 0 Å². The molecule has 0 atom stereocenters. The summed E-state index contributed by atoms with van der Waals surface area (Å²) in [6.45, 7) is 4.99. The van der Waals surface area contributed by atoms with E-state index in [0.29, 0.717) is 35.2 Å². The predicted octanol–water partition coefficient (Wildman–Crippen LogP) is 3.95. The summed E-state index contributed by atoms with van der Waals surface area (Å²) in [4.78, 5) is 12.3. The molecule has 0 heterocycles. The number of benzene rings is 2. The first-order valence-corrected chi connectivity index (χ1v) is 7.97. The van der Waals surface area contributed by atoms with Gasteiger partial charge in [0.15, 0.2) is 0 Å². The van der Waals surface area contributed by atoms with Gasteiger partial charge in [-0.05, 0) is 54.8 Å². The molecule has 0 radical (unpaired) electrons. The quantitative estimate of drug-likeness (QED) is 0.755. The van der Waals surface area contributed by atoms with Gasteiger partial charge in [-0.15, -0.1) is 0 Å². The van der Waals surface area contributed by atoms with Crippen molar-refractivity contribution in [2.45, 2.75) is 20.3 Å². The lowest BCUT2D eigenvalue weighted by Crippen LogP contribution is -2.12. The molecule has 0 aliphatic heterocycles. The molecule has 5 nitrogen and oxygen atoms in total. The second-order valence-corrected chi connectivity index (χ2v) is 5.97. The van der Waals surface area contributed by atoms with Crippen LogP contribution in [0.1, 0.15) is 30.6 Å². The van der Waals surface area contributed by atoms with Crippen LogP contribution in [0.5, 0.6) is 11.5 Å². The molecule has 2 aromatic rings. The number of carbonyl (C=O) groups is 1. The van der Waals surface area contributed by atoms with Crippen LogP contribution in [0.25, 0.3) is 0 Å². The van der Waals surface area contributed by atoms with E-state index in [2.05, 4.69) is 19.2 Å². The molecule has 3 N–H and O–H groups in total. The molecule has 0 saturated heterocycles. The molecule has 0 aromatic heterocycles. The normalized spacial score (nSPS) is 10.5. The number of rotatable bonds is 7. The van der Waals surface area contributed by atoms with Crippen LogP contribution in [0.15, 0.2) is 42.5 Å². The Balaban J connectivity index is 1.96. The van der Waals surface area contributed by atoms with Crippen LogP contribution in [-0.2, 0) is 0 Å². The number of amides is 1. The van der Waals surface area contributed by atoms with Crippen molar-refractivity contribution in [2.24, 2.45) is 5.92 Å². The minimum atomic E-state index is -0.201. The minimum absolute atomic E-state index is 0.201. The first kappa shape index (κ1) is 17.7. The average molecular weight is 328 g/mol. The van der Waals surface area contributed by atoms with Crippen molar-refractivity contribution in [1.82, 2.24) is 0 Å². The molecule has 24 heavy (non-hydrogen) atoms. The Labute approximate surface area is 142 Å². The maximum Gasteiger partial charge on any atom is 0.255 e. The van der Waals surface area contributed by atoms with Gasteiger partial charge in [0.1, 0.15) is 11.5 Å². The molecule has 0 unspecified atom stereocenters. The van der Waals surface area contributed by atoms with Gasteiger partial charge >= 0.3 is 0 Å². The van der Waals surface area contributed by atoms with Crippen molar-refractivity contribution >= 4 is 17.3 Å². The van der Waals surface area contributed by atoms with E-state index in [1.165, 1.54) is 0 Å². The summed E-state index contributed by atoms with van der Waals surface area (Å²) in [7, 11) is 1.55. The number of nitrogens with two attached hydrogens (primary N) is 1. The highest BCUT2D eigenvalue weighted by Gasteiger charge is 2.08. The summed E-state index contributed by atoms with van der Waals surface area (Å²) in [6, 6.07) is 12.2. The highest BCUT2D eigenvalue weighted by molar-refractivity contribution is 6.04. The molecule has 5 heteroatoms. The van der Waals surface area contributed by atoms with Crippen LogP contribution in [0, 0.1) is 5.92 Å². The number of hydrogen-bond donors (Lipinski definition) is 2. The topological polar surface area (TPSA) is 73.6 Å². The molecule has 128 valence electrons. The Morgan fingerprint density at radius 1 is 1.17 bits per heavy atom. The molecule has 0 aliphatic rings. The molecule has 0 aliphatic carbocycles. The zero-order valence-corrected chi connectivity index (χ0v) is 14.3. The number of nitrogen functional groups attached to an aromatic ring is 1. The molecule has 1 amide bonds. The van der Waals surface area contributed by atoms with E-state index >= 15 is 0 Å². The molecule has 0 saturated carbocycles. The molecule has 2 rings (SSSR count). The van der Waals surface area contributed by atoms with Gasteiger partial charge in [0.05, 0.1) is 19.4 Å². The van der Waals surface area contributed by atoms with Crippen molar-refractivity contribution in [3.63, 3.8) is 0 Å². The third-order valence-corrected chi connectivity index (χ3v) is 3.57. The minimum Gasteiger partial charge on any atom is -0.495 e. The summed E-state index contributed by atoms with van der Waals surface area (Å²) >= 11 is 0. The first-order valence-electron chi connectivity index (χ1n) is 7.97. The van der Waals surface area contributed by atoms with Crippen LogP contribution in [0.3, 0.4) is 0 Å². The lowest BCUT2D eigenvalue weighted by atomic mass is 10.1. The standard InChI is InChI=1S/C19H24N2O3/c1-13(2)10-11-24-16-7-4-14(5-8-16)19(22)21-15-6-9-18(23-3)17(20)12-15/h4-9,12-13H,10-11,20H2,1-3H3,(H,21,22). The van der Waals surface area contributed by atoms with Crippen molar-refractivity contribution in [3.8, 4) is 11.5 Å². The Morgan fingerprint density at radius 2 is 1.88 bits per heavy atom. The van der Waals surface area contributed by atoms with Gasteiger partial charge in [-0.1, -0.05) is 13.8 Å². The maximum absolute atomic E-state index is 12.3. The smallest absolute Gasteiger partial charge is 0.255 e. The van der Waals surface area contributed by atoms with Crippen molar-refractivity contribution in [3.05, 3.63) is 48.0 Å². The van der Waals surface area contributed by atoms with Crippen LogP contribution in [-0.4, -0.2) is 19.6 Å². The fourth-order valence-corrected chi connectivity index (χ4v) is 2.13. The second-order valence-electron chi connectivity index (χ2n) is 5.97. The SMILES string of the molecule is COc1ccc(NC(=O)c2ccc(OCCC(C)C)cc2)cc1N. The van der Waals surface area contributed by atoms with Crippen molar-refractivity contribution in [2.75, 3.05) is 24.8 Å². The highest BCUT2D eigenvalue weighted by Crippen LogP contribution is 2.25. The van der Waals surface area contributed by atoms with Gasteiger partial charge in [-0.2, -0.15) is 0 Å². The van der Waals surface area contributed by atoms with E-state index in [4.69, 9.17) is 15.2 Å². The third-order valence-electron chi connectivity index (χ3n) is 3.57. The molecule has 0 bridgehead atoms. The molecule has 2 aromatic carbocycles. The highest BCUT2D eigenvalue weighted by atomic mass is 16.5. The summed E-state index contributed by atoms with van der Waals surface area (Å²) in [5.74, 6) is 1.75. The Morgan fingerprint density at radius 3 is 2.46 bits per heavy atom. The van der Waals surface area contributed by atoms with Gasteiger partial charge in [0.2, 0.25) is 0 Å². The average Bonchev–Trinajstić information content (AvgIpc) is 2.55. The Kier molecular flexibility index (Phi) is 6.07. The third kappa shape index (κ3) is 4.91. The predicted molar refractivity (Wildman–Crippen MR) is 96.8 cm³/mol. The summed E-state index contributed by atoms with van der Waals surface area (Å²) in [5.41, 5.74) is 7.49. The second kappa shape index (κ2) is 8.24. The zero-order chi connectivity index (χ0) is 17.5. The lowest BCUT2D eigenvalue weighted by molar-refractivity contribution is 0.102. The van der Waals surface area contributed by atoms with Gasteiger partial charge in [0.25, 0.3) is 5.91 Å². The van der Waals surface area contributed by atoms with Gasteiger partial charge in [0, 0.05) is 11.3 Å². The van der Waals surface area contributed by atoms with E-state index in [9.17, 15) is 4.79 Å². The van der Waals surface area contributed by atoms with Crippen LogP contribution < -0.4 is 20.5 Å². The molecular weight excluding hydrogens is 304 g/mol. The molecule has 0 spiro atoms. The van der Waals surface area contributed by atoms with E-state index in [-0.39, 0.29) is 5.91 Å². The summed E-state index contributed by atoms with van der Waals surface area (Å²) in [5, 5.41) is 2.81.